The van der Waals surface area contributed by atoms with E-state index in [4.69, 9.17) is 31.2 Å². The van der Waals surface area contributed by atoms with Gasteiger partial charge in [0.05, 0.1) is 12.8 Å². The molecule has 0 saturated heterocycles. The highest BCUT2D eigenvalue weighted by Gasteiger charge is 2.41. The first kappa shape index (κ1) is 21.1. The maximum absolute atomic E-state index is 6.64. The van der Waals surface area contributed by atoms with E-state index < -0.39 is 0 Å². The van der Waals surface area contributed by atoms with Gasteiger partial charge in [0.2, 0.25) is 11.1 Å². The van der Waals surface area contributed by atoms with Gasteiger partial charge in [0.25, 0.3) is 0 Å². The van der Waals surface area contributed by atoms with E-state index in [9.17, 15) is 0 Å². The fraction of sp³-hybridized carbons (Fsp3) is 0.154. The van der Waals surface area contributed by atoms with Crippen LogP contribution in [-0.4, -0.2) is 28.1 Å². The topological polar surface area (TPSA) is 61.2 Å². The maximum atomic E-state index is 6.64. The number of aromatic nitrogens is 3. The van der Waals surface area contributed by atoms with Crippen LogP contribution in [0.5, 0.6) is 11.5 Å². The SMILES string of the molecule is COc1ccc(C2C3=C(Nc4nc(SC)nn42)c2ccccc2OC3c2ccc(Cl)cc2)cc1. The van der Waals surface area contributed by atoms with Crippen LogP contribution in [-0.2, 0) is 0 Å². The van der Waals surface area contributed by atoms with Gasteiger partial charge >= 0.3 is 0 Å². The van der Waals surface area contributed by atoms with Crippen molar-refractivity contribution in [2.45, 2.75) is 17.3 Å². The zero-order valence-electron chi connectivity index (χ0n) is 18.5. The van der Waals surface area contributed by atoms with Crippen molar-refractivity contribution in [1.29, 1.82) is 0 Å². The first-order valence-corrected chi connectivity index (χ1v) is 12.4. The van der Waals surface area contributed by atoms with Gasteiger partial charge in [0.15, 0.2) is 0 Å². The van der Waals surface area contributed by atoms with E-state index in [-0.39, 0.29) is 12.1 Å². The van der Waals surface area contributed by atoms with Gasteiger partial charge in [-0.2, -0.15) is 4.98 Å². The minimum Gasteiger partial charge on any atom is -0.497 e. The van der Waals surface area contributed by atoms with Crippen LogP contribution < -0.4 is 14.8 Å². The number of hydrogen-bond acceptors (Lipinski definition) is 6. The van der Waals surface area contributed by atoms with E-state index in [0.717, 1.165) is 39.5 Å². The minimum absolute atomic E-state index is 0.223. The molecule has 0 spiro atoms. The van der Waals surface area contributed by atoms with Crippen LogP contribution in [0.25, 0.3) is 5.70 Å². The fourth-order valence-corrected chi connectivity index (χ4v) is 5.04. The predicted molar refractivity (Wildman–Crippen MR) is 135 cm³/mol. The fourth-order valence-electron chi connectivity index (χ4n) is 4.56. The Kier molecular flexibility index (Phi) is 5.23. The number of halogens is 1. The molecule has 2 unspecified atom stereocenters. The zero-order valence-corrected chi connectivity index (χ0v) is 20.1. The lowest BCUT2D eigenvalue weighted by molar-refractivity contribution is 0.223. The summed E-state index contributed by atoms with van der Waals surface area (Å²) in [6, 6.07) is 23.8. The van der Waals surface area contributed by atoms with Crippen molar-refractivity contribution in [1.82, 2.24) is 14.8 Å². The van der Waals surface area contributed by atoms with Crippen LogP contribution in [0.1, 0.15) is 28.8 Å². The Hall–Kier alpha value is -3.42. The molecule has 1 N–H and O–H groups in total. The number of nitrogens with zero attached hydrogens (tertiary/aromatic N) is 3. The third kappa shape index (κ3) is 3.43. The highest BCUT2D eigenvalue weighted by molar-refractivity contribution is 7.98. The first-order chi connectivity index (χ1) is 16.7. The third-order valence-corrected chi connectivity index (χ3v) is 6.94. The molecule has 2 aliphatic heterocycles. The van der Waals surface area contributed by atoms with Gasteiger partial charge in [-0.3, -0.25) is 0 Å². The smallest absolute Gasteiger partial charge is 0.227 e. The summed E-state index contributed by atoms with van der Waals surface area (Å²) in [4.78, 5) is 4.74. The molecule has 0 radical (unpaired) electrons. The van der Waals surface area contributed by atoms with E-state index in [1.54, 1.807) is 7.11 Å². The van der Waals surface area contributed by atoms with E-state index in [0.29, 0.717) is 16.1 Å². The number of fused-ring (bicyclic) bond motifs is 3. The van der Waals surface area contributed by atoms with Gasteiger partial charge in [0, 0.05) is 16.2 Å². The van der Waals surface area contributed by atoms with Crippen molar-refractivity contribution in [2.75, 3.05) is 18.7 Å². The van der Waals surface area contributed by atoms with E-state index in [1.165, 1.54) is 11.8 Å². The number of thioether (sulfide) groups is 1. The Morgan fingerprint density at radius 3 is 2.47 bits per heavy atom. The molecule has 6 nitrogen and oxygen atoms in total. The van der Waals surface area contributed by atoms with Crippen molar-refractivity contribution in [3.8, 4) is 11.5 Å². The zero-order chi connectivity index (χ0) is 23.2. The quantitative estimate of drug-likeness (QED) is 0.344. The number of para-hydroxylation sites is 1. The molecule has 2 atom stereocenters. The third-order valence-electron chi connectivity index (χ3n) is 6.15. The average Bonchev–Trinajstić information content (AvgIpc) is 3.30. The summed E-state index contributed by atoms with van der Waals surface area (Å²) in [6.07, 6.45) is 1.64. The second-order valence-electron chi connectivity index (χ2n) is 8.04. The van der Waals surface area contributed by atoms with Crippen LogP contribution in [0.2, 0.25) is 5.02 Å². The van der Waals surface area contributed by atoms with E-state index in [1.807, 2.05) is 65.5 Å². The van der Waals surface area contributed by atoms with E-state index >= 15 is 0 Å². The summed E-state index contributed by atoms with van der Waals surface area (Å²) in [7, 11) is 1.67. The minimum atomic E-state index is -0.336. The summed E-state index contributed by atoms with van der Waals surface area (Å²) in [6.45, 7) is 0. The summed E-state index contributed by atoms with van der Waals surface area (Å²) in [5.74, 6) is 2.32. The Morgan fingerprint density at radius 2 is 1.74 bits per heavy atom. The Labute approximate surface area is 206 Å². The van der Waals surface area contributed by atoms with Gasteiger partial charge in [-0.05, 0) is 53.8 Å². The number of hydrogen-bond donors (Lipinski definition) is 1. The molecule has 3 aromatic carbocycles. The summed E-state index contributed by atoms with van der Waals surface area (Å²) < 4.78 is 14.0. The molecular weight excluding hydrogens is 468 g/mol. The summed E-state index contributed by atoms with van der Waals surface area (Å²) >= 11 is 7.72. The van der Waals surface area contributed by atoms with Crippen LogP contribution in [0.3, 0.4) is 0 Å². The molecule has 0 amide bonds. The number of rotatable bonds is 4. The molecule has 170 valence electrons. The summed E-state index contributed by atoms with van der Waals surface area (Å²) in [5, 5.41) is 9.78. The average molecular weight is 489 g/mol. The van der Waals surface area contributed by atoms with E-state index in [2.05, 4.69) is 23.5 Å². The van der Waals surface area contributed by atoms with Gasteiger partial charge in [-0.1, -0.05) is 59.8 Å². The molecule has 1 aromatic heterocycles. The molecule has 2 aliphatic rings. The lowest BCUT2D eigenvalue weighted by Crippen LogP contribution is -2.32. The van der Waals surface area contributed by atoms with Crippen LogP contribution in [0.15, 0.2) is 83.5 Å². The molecular formula is C26H21ClN4O2S. The molecule has 0 aliphatic carbocycles. The Balaban J connectivity index is 1.61. The number of benzene rings is 3. The predicted octanol–water partition coefficient (Wildman–Crippen LogP) is 6.22. The van der Waals surface area contributed by atoms with Crippen LogP contribution >= 0.6 is 23.4 Å². The molecule has 0 bridgehead atoms. The lowest BCUT2D eigenvalue weighted by Gasteiger charge is -2.39. The largest absolute Gasteiger partial charge is 0.497 e. The first-order valence-electron chi connectivity index (χ1n) is 10.8. The maximum Gasteiger partial charge on any atom is 0.227 e. The summed E-state index contributed by atoms with van der Waals surface area (Å²) in [5.41, 5.74) is 5.14. The second kappa shape index (κ2) is 8.42. The number of nitrogens with one attached hydrogen (secondary N) is 1. The van der Waals surface area contributed by atoms with Gasteiger partial charge < -0.3 is 14.8 Å². The van der Waals surface area contributed by atoms with Crippen molar-refractivity contribution in [2.24, 2.45) is 0 Å². The molecule has 6 rings (SSSR count). The lowest BCUT2D eigenvalue weighted by atomic mass is 9.84. The molecule has 8 heteroatoms. The van der Waals surface area contributed by atoms with Crippen molar-refractivity contribution in [3.05, 3.63) is 100 Å². The standard InChI is InChI=1S/C26H21ClN4O2S/c1-32-18-13-9-15(10-14-18)23-21-22(28-25-29-26(34-2)30-31(23)25)19-5-3-4-6-20(19)33-24(21)16-7-11-17(27)12-8-16/h3-14,23-24H,1-2H3,(H,28,29,30). The van der Waals surface area contributed by atoms with Crippen molar-refractivity contribution < 1.29 is 9.47 Å². The second-order valence-corrected chi connectivity index (χ2v) is 9.25. The molecule has 4 aromatic rings. The van der Waals surface area contributed by atoms with Gasteiger partial charge in [0.1, 0.15) is 23.6 Å². The number of ether oxygens (including phenoxy) is 2. The van der Waals surface area contributed by atoms with Gasteiger partial charge in [-0.25, -0.2) is 4.68 Å². The monoisotopic (exact) mass is 488 g/mol. The molecule has 34 heavy (non-hydrogen) atoms. The highest BCUT2D eigenvalue weighted by atomic mass is 35.5. The number of methoxy groups -OCH3 is 1. The molecule has 0 fully saturated rings. The molecule has 0 saturated carbocycles. The molecule has 3 heterocycles. The van der Waals surface area contributed by atoms with Crippen molar-refractivity contribution in [3.63, 3.8) is 0 Å². The van der Waals surface area contributed by atoms with Crippen molar-refractivity contribution >= 4 is 35.0 Å². The normalized spacial score (nSPS) is 18.3. The van der Waals surface area contributed by atoms with Crippen LogP contribution in [0.4, 0.5) is 5.95 Å². The Bertz CT molecular complexity index is 1400. The number of anilines is 1. The van der Waals surface area contributed by atoms with Crippen LogP contribution in [0, 0.1) is 0 Å². The highest BCUT2D eigenvalue weighted by Crippen LogP contribution is 2.51. The van der Waals surface area contributed by atoms with Gasteiger partial charge in [-0.15, -0.1) is 5.10 Å². The Morgan fingerprint density at radius 1 is 1.00 bits per heavy atom.